The molecule has 0 N–H and O–H groups in total. The van der Waals surface area contributed by atoms with Gasteiger partial charge in [-0.2, -0.15) is 0 Å². The number of benzene rings is 7. The number of fused-ring (bicyclic) bond motifs is 2. The number of rotatable bonds is 7. The molecule has 0 aliphatic rings. The Labute approximate surface area is 290 Å². The summed E-state index contributed by atoms with van der Waals surface area (Å²) < 4.78 is 20.4. The monoisotopic (exact) mass is 662 g/mol. The van der Waals surface area contributed by atoms with Crippen LogP contribution in [-0.2, 0) is 4.57 Å². The Balaban J connectivity index is 1.40. The van der Waals surface area contributed by atoms with Crippen LogP contribution in [0.15, 0.2) is 188 Å². The number of aromatic nitrogens is 4. The summed E-state index contributed by atoms with van der Waals surface area (Å²) in [6, 6.07) is 62.9. The van der Waals surface area contributed by atoms with Gasteiger partial charge in [-0.25, -0.2) is 9.97 Å². The van der Waals surface area contributed by atoms with Crippen molar-refractivity contribution in [1.82, 2.24) is 19.1 Å². The van der Waals surface area contributed by atoms with Gasteiger partial charge in [-0.3, -0.25) is 9.13 Å². The molecule has 0 radical (unpaired) electrons. The van der Waals surface area contributed by atoms with E-state index in [0.717, 1.165) is 66.8 Å². The first kappa shape index (κ1) is 29.8. The highest BCUT2D eigenvalue weighted by Gasteiger charge is 2.32. The van der Waals surface area contributed by atoms with Gasteiger partial charge in [0.2, 0.25) is 0 Å². The molecule has 6 heteroatoms. The molecule has 9 aromatic rings. The van der Waals surface area contributed by atoms with Crippen LogP contribution in [0.5, 0.6) is 0 Å². The number of hydrogen-bond acceptors (Lipinski definition) is 3. The van der Waals surface area contributed by atoms with Gasteiger partial charge in [0.05, 0.1) is 22.1 Å². The Morgan fingerprint density at radius 2 is 0.740 bits per heavy atom. The van der Waals surface area contributed by atoms with E-state index in [1.165, 1.54) is 0 Å². The molecule has 0 saturated heterocycles. The maximum atomic E-state index is 16.0. The first-order valence-corrected chi connectivity index (χ1v) is 18.3. The highest BCUT2D eigenvalue weighted by Crippen LogP contribution is 2.45. The fourth-order valence-corrected chi connectivity index (χ4v) is 9.61. The van der Waals surface area contributed by atoms with Crippen LogP contribution in [0.1, 0.15) is 0 Å². The molecule has 0 bridgehead atoms. The second-order valence-electron chi connectivity index (χ2n) is 12.2. The van der Waals surface area contributed by atoms with E-state index in [0.29, 0.717) is 5.30 Å². The smallest absolute Gasteiger partial charge is 0.171 e. The lowest BCUT2D eigenvalue weighted by atomic mass is 10.1. The van der Waals surface area contributed by atoms with E-state index in [4.69, 9.17) is 9.97 Å². The second-order valence-corrected chi connectivity index (χ2v) is 15.0. The maximum absolute atomic E-state index is 16.0. The summed E-state index contributed by atoms with van der Waals surface area (Å²) >= 11 is 0. The fraction of sp³-hybridized carbons (Fsp3) is 0. The zero-order valence-corrected chi connectivity index (χ0v) is 27.9. The van der Waals surface area contributed by atoms with Crippen LogP contribution < -0.4 is 15.9 Å². The second kappa shape index (κ2) is 12.3. The molecule has 0 amide bonds. The summed E-state index contributed by atoms with van der Waals surface area (Å²) in [6.07, 6.45) is 0. The molecule has 0 spiro atoms. The third-order valence-corrected chi connectivity index (χ3v) is 12.2. The first-order valence-electron chi connectivity index (χ1n) is 16.6. The molecule has 0 aliphatic heterocycles. The molecular weight excluding hydrogens is 631 g/mol. The van der Waals surface area contributed by atoms with Crippen molar-refractivity contribution >= 4 is 45.1 Å². The molecule has 2 heterocycles. The molecule has 238 valence electrons. The van der Waals surface area contributed by atoms with Crippen LogP contribution in [0, 0.1) is 0 Å². The standard InChI is InChI=1S/C44H31N4OP/c49-50(36-21-9-3-10-22-36,37-23-11-4-12-24-37)38-30-32(43-45-39-25-13-15-27-41(39)47(43)34-17-5-1-6-18-34)29-33(31-38)44-46-40-26-14-16-28-42(40)48(44)35-19-7-2-8-20-35/h1-31H. The number of nitrogens with zero attached hydrogens (tertiary/aromatic N) is 4. The van der Waals surface area contributed by atoms with Crippen LogP contribution >= 0.6 is 7.14 Å². The van der Waals surface area contributed by atoms with Gasteiger partial charge in [-0.05, 0) is 66.7 Å². The third kappa shape index (κ3) is 4.99. The van der Waals surface area contributed by atoms with Crippen LogP contribution in [-0.4, -0.2) is 19.1 Å². The minimum atomic E-state index is -3.39. The number of imidazole rings is 2. The minimum absolute atomic E-state index is 0.709. The van der Waals surface area contributed by atoms with E-state index in [2.05, 4.69) is 63.7 Å². The molecule has 5 nitrogen and oxygen atoms in total. The third-order valence-electron chi connectivity index (χ3n) is 9.19. The van der Waals surface area contributed by atoms with Crippen molar-refractivity contribution in [2.75, 3.05) is 0 Å². The normalized spacial score (nSPS) is 11.7. The molecule has 0 aliphatic carbocycles. The molecule has 0 atom stereocenters. The Kier molecular flexibility index (Phi) is 7.34. The van der Waals surface area contributed by atoms with Gasteiger partial charge >= 0.3 is 0 Å². The highest BCUT2D eigenvalue weighted by atomic mass is 31.2. The van der Waals surface area contributed by atoms with Crippen molar-refractivity contribution in [3.05, 3.63) is 188 Å². The summed E-state index contributed by atoms with van der Waals surface area (Å²) in [5.74, 6) is 1.52. The quantitative estimate of drug-likeness (QED) is 0.160. The van der Waals surface area contributed by atoms with Gasteiger partial charge < -0.3 is 4.57 Å². The number of hydrogen-bond donors (Lipinski definition) is 0. The van der Waals surface area contributed by atoms with Gasteiger partial charge in [0.25, 0.3) is 0 Å². The Bertz CT molecular complexity index is 2490. The average Bonchev–Trinajstić information content (AvgIpc) is 3.78. The fourth-order valence-electron chi connectivity index (χ4n) is 6.89. The molecule has 9 rings (SSSR count). The van der Waals surface area contributed by atoms with E-state index in [1.54, 1.807) is 0 Å². The SMILES string of the molecule is O=P(c1ccccc1)(c1ccccc1)c1cc(-c2nc3ccccc3n2-c2ccccc2)cc(-c2nc3ccccc3n2-c2ccccc2)c1. The average molecular weight is 663 g/mol. The van der Waals surface area contributed by atoms with Gasteiger partial charge in [0.15, 0.2) is 7.14 Å². The topological polar surface area (TPSA) is 52.7 Å². The summed E-state index contributed by atoms with van der Waals surface area (Å²) in [5, 5.41) is 2.24. The summed E-state index contributed by atoms with van der Waals surface area (Å²) in [6.45, 7) is 0. The van der Waals surface area contributed by atoms with Crippen LogP contribution in [0.25, 0.3) is 56.2 Å². The summed E-state index contributed by atoms with van der Waals surface area (Å²) in [4.78, 5) is 10.5. The van der Waals surface area contributed by atoms with E-state index in [9.17, 15) is 0 Å². The van der Waals surface area contributed by atoms with E-state index in [-0.39, 0.29) is 0 Å². The molecule has 7 aromatic carbocycles. The summed E-state index contributed by atoms with van der Waals surface area (Å²) in [5.41, 5.74) is 7.42. The molecule has 0 saturated carbocycles. The van der Waals surface area contributed by atoms with Crippen molar-refractivity contribution in [3.63, 3.8) is 0 Å². The lowest BCUT2D eigenvalue weighted by Crippen LogP contribution is -2.25. The molecular formula is C44H31N4OP. The predicted octanol–water partition coefficient (Wildman–Crippen LogP) is 9.34. The van der Waals surface area contributed by atoms with E-state index < -0.39 is 7.14 Å². The van der Waals surface area contributed by atoms with Crippen LogP contribution in [0.2, 0.25) is 0 Å². The zero-order chi connectivity index (χ0) is 33.5. The van der Waals surface area contributed by atoms with Crippen LogP contribution in [0.4, 0.5) is 0 Å². The van der Waals surface area contributed by atoms with E-state index >= 15 is 4.57 Å². The maximum Gasteiger partial charge on any atom is 0.171 e. The largest absolute Gasteiger partial charge is 0.309 e. The molecule has 50 heavy (non-hydrogen) atoms. The Morgan fingerprint density at radius 3 is 1.16 bits per heavy atom. The van der Waals surface area contributed by atoms with Crippen molar-refractivity contribution < 1.29 is 4.57 Å². The number of para-hydroxylation sites is 6. The predicted molar refractivity (Wildman–Crippen MR) is 206 cm³/mol. The Morgan fingerprint density at radius 1 is 0.380 bits per heavy atom. The van der Waals surface area contributed by atoms with Gasteiger partial charge in [-0.1, -0.05) is 121 Å². The van der Waals surface area contributed by atoms with Crippen molar-refractivity contribution in [2.45, 2.75) is 0 Å². The van der Waals surface area contributed by atoms with Gasteiger partial charge in [-0.15, -0.1) is 0 Å². The van der Waals surface area contributed by atoms with Gasteiger partial charge in [0.1, 0.15) is 11.6 Å². The highest BCUT2D eigenvalue weighted by molar-refractivity contribution is 7.85. The van der Waals surface area contributed by atoms with Gasteiger partial charge in [0, 0.05) is 38.4 Å². The molecule has 2 aromatic heterocycles. The first-order chi connectivity index (χ1) is 24.7. The molecule has 0 unspecified atom stereocenters. The molecule has 0 fully saturated rings. The lowest BCUT2D eigenvalue weighted by Gasteiger charge is -2.22. The van der Waals surface area contributed by atoms with E-state index in [1.807, 2.05) is 133 Å². The Hall–Kier alpha value is -6.29. The summed E-state index contributed by atoms with van der Waals surface area (Å²) in [7, 11) is -3.39. The van der Waals surface area contributed by atoms with Crippen molar-refractivity contribution in [2.24, 2.45) is 0 Å². The minimum Gasteiger partial charge on any atom is -0.309 e. The van der Waals surface area contributed by atoms with Crippen LogP contribution in [0.3, 0.4) is 0 Å². The lowest BCUT2D eigenvalue weighted by molar-refractivity contribution is 0.592. The zero-order valence-electron chi connectivity index (χ0n) is 27.0. The van der Waals surface area contributed by atoms with Crippen molar-refractivity contribution in [3.8, 4) is 34.2 Å². The van der Waals surface area contributed by atoms with Crippen molar-refractivity contribution in [1.29, 1.82) is 0 Å².